The first-order chi connectivity index (χ1) is 12.8. The highest BCUT2D eigenvalue weighted by molar-refractivity contribution is 7.10. The summed E-state index contributed by atoms with van der Waals surface area (Å²) in [5.41, 5.74) is 3.20. The van der Waals surface area contributed by atoms with Gasteiger partial charge in [0.25, 0.3) is 0 Å². The molecule has 0 atom stereocenters. The molecule has 1 heterocycles. The Morgan fingerprint density at radius 2 is 1.88 bits per heavy atom. The Labute approximate surface area is 158 Å². The van der Waals surface area contributed by atoms with Crippen molar-refractivity contribution in [1.29, 1.82) is 0 Å². The first-order valence-electron chi connectivity index (χ1n) is 8.60. The van der Waals surface area contributed by atoms with Crippen molar-refractivity contribution in [3.63, 3.8) is 0 Å². The third kappa shape index (κ3) is 4.97. The normalized spacial score (nSPS) is 11.0. The summed E-state index contributed by atoms with van der Waals surface area (Å²) < 4.78 is 6.13. The summed E-state index contributed by atoms with van der Waals surface area (Å²) in [5.74, 6) is 0.837. The SMILES string of the molecule is CN(CCO)c1ccc(/C=C/c2cccs2)c(OCc2ccccc2)c1. The lowest BCUT2D eigenvalue weighted by Gasteiger charge is -2.20. The van der Waals surface area contributed by atoms with Crippen LogP contribution in [-0.4, -0.2) is 25.3 Å². The number of nitrogens with zero attached hydrogens (tertiary/aromatic N) is 1. The molecule has 4 heteroatoms. The molecule has 0 unspecified atom stereocenters. The quantitative estimate of drug-likeness (QED) is 0.615. The number of aliphatic hydroxyl groups is 1. The van der Waals surface area contributed by atoms with Gasteiger partial charge < -0.3 is 14.7 Å². The summed E-state index contributed by atoms with van der Waals surface area (Å²) in [6.45, 7) is 1.23. The Hall–Kier alpha value is -2.56. The summed E-state index contributed by atoms with van der Waals surface area (Å²) in [5, 5.41) is 11.2. The minimum absolute atomic E-state index is 0.122. The van der Waals surface area contributed by atoms with Crippen molar-refractivity contribution < 1.29 is 9.84 Å². The van der Waals surface area contributed by atoms with E-state index in [2.05, 4.69) is 47.9 Å². The smallest absolute Gasteiger partial charge is 0.129 e. The van der Waals surface area contributed by atoms with E-state index in [-0.39, 0.29) is 6.61 Å². The third-order valence-electron chi connectivity index (χ3n) is 4.08. The second-order valence-corrected chi connectivity index (χ2v) is 6.97. The zero-order chi connectivity index (χ0) is 18.2. The highest BCUT2D eigenvalue weighted by atomic mass is 32.1. The Morgan fingerprint density at radius 1 is 1.04 bits per heavy atom. The van der Waals surface area contributed by atoms with Crippen LogP contribution in [0.5, 0.6) is 5.75 Å². The molecule has 0 bridgehead atoms. The van der Waals surface area contributed by atoms with Crippen molar-refractivity contribution in [2.24, 2.45) is 0 Å². The zero-order valence-electron chi connectivity index (χ0n) is 14.8. The number of ether oxygens (including phenoxy) is 1. The van der Waals surface area contributed by atoms with E-state index in [0.717, 1.165) is 22.6 Å². The van der Waals surface area contributed by atoms with Gasteiger partial charge in [-0.05, 0) is 41.3 Å². The summed E-state index contributed by atoms with van der Waals surface area (Å²) >= 11 is 1.71. The van der Waals surface area contributed by atoms with Crippen molar-refractivity contribution in [2.45, 2.75) is 6.61 Å². The molecule has 0 aliphatic heterocycles. The average Bonchev–Trinajstić information content (AvgIpc) is 3.19. The minimum Gasteiger partial charge on any atom is -0.488 e. The predicted molar refractivity (Wildman–Crippen MR) is 111 cm³/mol. The Morgan fingerprint density at radius 3 is 2.62 bits per heavy atom. The molecule has 26 heavy (non-hydrogen) atoms. The molecule has 0 fully saturated rings. The molecule has 0 radical (unpaired) electrons. The van der Waals surface area contributed by atoms with Crippen LogP contribution in [0.4, 0.5) is 5.69 Å². The molecule has 0 saturated heterocycles. The summed E-state index contributed by atoms with van der Waals surface area (Å²) in [6, 6.07) is 20.4. The maximum atomic E-state index is 9.18. The molecule has 0 amide bonds. The van der Waals surface area contributed by atoms with Crippen LogP contribution >= 0.6 is 11.3 Å². The lowest BCUT2D eigenvalue weighted by Crippen LogP contribution is -2.21. The Balaban J connectivity index is 1.84. The van der Waals surface area contributed by atoms with Crippen LogP contribution in [0, 0.1) is 0 Å². The molecule has 0 saturated carbocycles. The molecule has 0 spiro atoms. The number of anilines is 1. The van der Waals surface area contributed by atoms with Crippen LogP contribution in [0.3, 0.4) is 0 Å². The van der Waals surface area contributed by atoms with Crippen LogP contribution in [0.15, 0.2) is 66.0 Å². The van der Waals surface area contributed by atoms with Crippen molar-refractivity contribution >= 4 is 29.2 Å². The standard InChI is InChI=1S/C22H23NO2S/c1-23(13-14-24)20-11-9-19(10-12-21-8-5-15-26-21)22(16-20)25-17-18-6-3-2-4-7-18/h2-12,15-16,24H,13-14,17H2,1H3/b12-10+. The van der Waals surface area contributed by atoms with Crippen LogP contribution < -0.4 is 9.64 Å². The van der Waals surface area contributed by atoms with Crippen molar-refractivity contribution in [2.75, 3.05) is 25.1 Å². The topological polar surface area (TPSA) is 32.7 Å². The van der Waals surface area contributed by atoms with E-state index < -0.39 is 0 Å². The number of thiophene rings is 1. The molecule has 3 aromatic rings. The van der Waals surface area contributed by atoms with Crippen molar-refractivity contribution in [3.8, 4) is 5.75 Å². The number of hydrogen-bond acceptors (Lipinski definition) is 4. The highest BCUT2D eigenvalue weighted by Crippen LogP contribution is 2.28. The third-order valence-corrected chi connectivity index (χ3v) is 4.92. The molecule has 3 nitrogen and oxygen atoms in total. The molecule has 0 aliphatic carbocycles. The van der Waals surface area contributed by atoms with Gasteiger partial charge in [-0.1, -0.05) is 36.4 Å². The van der Waals surface area contributed by atoms with Crippen LogP contribution in [0.2, 0.25) is 0 Å². The van der Waals surface area contributed by atoms with Gasteiger partial charge in [0.15, 0.2) is 0 Å². The van der Waals surface area contributed by atoms with E-state index in [1.54, 1.807) is 11.3 Å². The summed E-state index contributed by atoms with van der Waals surface area (Å²) in [6.07, 6.45) is 4.19. The van der Waals surface area contributed by atoms with Gasteiger partial charge in [-0.15, -0.1) is 11.3 Å². The van der Waals surface area contributed by atoms with Gasteiger partial charge in [0, 0.05) is 35.8 Å². The van der Waals surface area contributed by atoms with E-state index in [1.807, 2.05) is 42.3 Å². The second-order valence-electron chi connectivity index (χ2n) is 5.99. The van der Waals surface area contributed by atoms with Gasteiger partial charge in [0.2, 0.25) is 0 Å². The number of likely N-dealkylation sites (N-methyl/N-ethyl adjacent to an activating group) is 1. The molecule has 134 valence electrons. The van der Waals surface area contributed by atoms with E-state index in [1.165, 1.54) is 4.88 Å². The van der Waals surface area contributed by atoms with Gasteiger partial charge in [0.05, 0.1) is 6.61 Å². The predicted octanol–water partition coefficient (Wildman–Crippen LogP) is 4.93. The number of aliphatic hydroxyl groups excluding tert-OH is 1. The molecule has 1 aromatic heterocycles. The van der Waals surface area contributed by atoms with Gasteiger partial charge in [0.1, 0.15) is 12.4 Å². The van der Waals surface area contributed by atoms with Gasteiger partial charge in [-0.25, -0.2) is 0 Å². The molecule has 0 aliphatic rings. The van der Waals surface area contributed by atoms with E-state index in [4.69, 9.17) is 4.74 Å². The van der Waals surface area contributed by atoms with Gasteiger partial charge >= 0.3 is 0 Å². The first kappa shape index (κ1) is 18.2. The van der Waals surface area contributed by atoms with Crippen LogP contribution in [0.1, 0.15) is 16.0 Å². The largest absolute Gasteiger partial charge is 0.488 e. The fourth-order valence-electron chi connectivity index (χ4n) is 2.60. The molecular formula is C22H23NO2S. The van der Waals surface area contributed by atoms with Gasteiger partial charge in [-0.2, -0.15) is 0 Å². The molecular weight excluding hydrogens is 342 g/mol. The van der Waals surface area contributed by atoms with E-state index in [0.29, 0.717) is 13.2 Å². The number of benzene rings is 2. The highest BCUT2D eigenvalue weighted by Gasteiger charge is 2.07. The Kier molecular flexibility index (Phi) is 6.47. The lowest BCUT2D eigenvalue weighted by molar-refractivity contribution is 0.302. The first-order valence-corrected chi connectivity index (χ1v) is 9.48. The Bertz CT molecular complexity index is 829. The fourth-order valence-corrected chi connectivity index (χ4v) is 3.21. The van der Waals surface area contributed by atoms with E-state index in [9.17, 15) is 5.11 Å². The van der Waals surface area contributed by atoms with Crippen LogP contribution in [-0.2, 0) is 6.61 Å². The lowest BCUT2D eigenvalue weighted by atomic mass is 10.1. The zero-order valence-corrected chi connectivity index (χ0v) is 15.7. The molecule has 3 rings (SSSR count). The summed E-state index contributed by atoms with van der Waals surface area (Å²) in [4.78, 5) is 3.22. The minimum atomic E-state index is 0.122. The molecule has 2 aromatic carbocycles. The summed E-state index contributed by atoms with van der Waals surface area (Å²) in [7, 11) is 1.97. The monoisotopic (exact) mass is 365 g/mol. The number of rotatable bonds is 8. The second kappa shape index (κ2) is 9.22. The van der Waals surface area contributed by atoms with Crippen LogP contribution in [0.25, 0.3) is 12.2 Å². The van der Waals surface area contributed by atoms with E-state index >= 15 is 0 Å². The van der Waals surface area contributed by atoms with Gasteiger partial charge in [-0.3, -0.25) is 0 Å². The van der Waals surface area contributed by atoms with Crippen molar-refractivity contribution in [3.05, 3.63) is 82.0 Å². The maximum absolute atomic E-state index is 9.18. The fraction of sp³-hybridized carbons (Fsp3) is 0.182. The number of hydrogen-bond donors (Lipinski definition) is 1. The average molecular weight is 365 g/mol. The molecule has 1 N–H and O–H groups in total. The maximum Gasteiger partial charge on any atom is 0.129 e. The van der Waals surface area contributed by atoms with Crippen molar-refractivity contribution in [1.82, 2.24) is 0 Å².